The van der Waals surface area contributed by atoms with Crippen molar-refractivity contribution in [2.45, 2.75) is 33.1 Å². The minimum Gasteiger partial charge on any atom is -0.496 e. The molecule has 3 unspecified atom stereocenters. The fraction of sp³-hybridized carbons (Fsp3) is 0.462. The number of likely N-dealkylation sites (tertiary alicyclic amines) is 1. The van der Waals surface area contributed by atoms with Crippen LogP contribution in [-0.2, 0) is 16.0 Å². The minimum absolute atomic E-state index is 0.0583. The Balaban J connectivity index is 1.54. The van der Waals surface area contributed by atoms with Crippen molar-refractivity contribution >= 4 is 11.8 Å². The van der Waals surface area contributed by atoms with E-state index in [1.54, 1.807) is 7.11 Å². The molecule has 5 nitrogen and oxygen atoms in total. The van der Waals surface area contributed by atoms with E-state index in [2.05, 4.69) is 36.5 Å². The second-order valence-electron chi connectivity index (χ2n) is 9.04. The van der Waals surface area contributed by atoms with Gasteiger partial charge in [0.1, 0.15) is 5.75 Å². The molecule has 1 saturated carbocycles. The Morgan fingerprint density at radius 2 is 1.87 bits per heavy atom. The van der Waals surface area contributed by atoms with Crippen LogP contribution in [0.5, 0.6) is 5.75 Å². The summed E-state index contributed by atoms with van der Waals surface area (Å²) in [5.74, 6) is 1.76. The molecule has 0 bridgehead atoms. The quantitative estimate of drug-likeness (QED) is 0.739. The average molecular weight is 421 g/mol. The molecule has 2 aromatic rings. The van der Waals surface area contributed by atoms with Crippen molar-refractivity contribution in [3.05, 3.63) is 54.1 Å². The molecule has 164 valence electrons. The minimum atomic E-state index is -0.560. The van der Waals surface area contributed by atoms with Gasteiger partial charge in [0.2, 0.25) is 11.8 Å². The number of methoxy groups -OCH3 is 1. The first kappa shape index (κ1) is 21.4. The van der Waals surface area contributed by atoms with Gasteiger partial charge in [0, 0.05) is 31.1 Å². The van der Waals surface area contributed by atoms with E-state index >= 15 is 0 Å². The van der Waals surface area contributed by atoms with Gasteiger partial charge in [-0.1, -0.05) is 49.4 Å². The predicted molar refractivity (Wildman–Crippen MR) is 122 cm³/mol. The number of nitrogens with one attached hydrogen (secondary N) is 1. The number of hydrogen-bond acceptors (Lipinski definition) is 3. The second kappa shape index (κ2) is 8.74. The van der Waals surface area contributed by atoms with Crippen LogP contribution in [0.2, 0.25) is 0 Å². The van der Waals surface area contributed by atoms with Gasteiger partial charge in [-0.3, -0.25) is 9.59 Å². The van der Waals surface area contributed by atoms with Crippen LogP contribution in [0.25, 0.3) is 11.1 Å². The van der Waals surface area contributed by atoms with Crippen molar-refractivity contribution in [3.63, 3.8) is 0 Å². The summed E-state index contributed by atoms with van der Waals surface area (Å²) < 4.78 is 5.49. The molecule has 3 atom stereocenters. The van der Waals surface area contributed by atoms with E-state index in [4.69, 9.17) is 4.74 Å². The van der Waals surface area contributed by atoms with E-state index in [-0.39, 0.29) is 17.7 Å². The molecular weight excluding hydrogens is 388 g/mol. The Kier molecular flexibility index (Phi) is 6.03. The van der Waals surface area contributed by atoms with Crippen LogP contribution < -0.4 is 10.1 Å². The number of ether oxygens (including phenoxy) is 1. The Bertz CT molecular complexity index is 955. The number of carbonyl (C=O) groups is 2. The number of hydrogen-bond donors (Lipinski definition) is 1. The third-order valence-corrected chi connectivity index (χ3v) is 6.83. The van der Waals surface area contributed by atoms with Gasteiger partial charge in [0.25, 0.3) is 0 Å². The summed E-state index contributed by atoms with van der Waals surface area (Å²) in [6.07, 6.45) is 2.32. The summed E-state index contributed by atoms with van der Waals surface area (Å²) in [5, 5.41) is 3.02. The molecule has 1 saturated heterocycles. The standard InChI is InChI=1S/C26H32N2O3/c1-4-27-25(30)26(13-14-28(17-26)24(29)22-15-18(22)2)16-19-9-11-20(12-10-19)21-7-5-6-8-23(21)31-3/h5-12,18,22H,4,13-17H2,1-3H3,(H,27,30). The number of rotatable bonds is 7. The molecule has 1 aliphatic carbocycles. The molecular formula is C26H32N2O3. The number of amides is 2. The van der Waals surface area contributed by atoms with Gasteiger partial charge in [0.05, 0.1) is 12.5 Å². The molecule has 1 aliphatic heterocycles. The summed E-state index contributed by atoms with van der Waals surface area (Å²) in [5.41, 5.74) is 2.68. The van der Waals surface area contributed by atoms with Crippen molar-refractivity contribution in [1.29, 1.82) is 0 Å². The van der Waals surface area contributed by atoms with E-state index in [1.807, 2.05) is 36.1 Å². The molecule has 4 rings (SSSR count). The Morgan fingerprint density at radius 1 is 1.16 bits per heavy atom. The van der Waals surface area contributed by atoms with E-state index in [1.165, 1.54) is 0 Å². The number of carbonyl (C=O) groups excluding carboxylic acids is 2. The highest BCUT2D eigenvalue weighted by Crippen LogP contribution is 2.42. The molecule has 1 heterocycles. The van der Waals surface area contributed by atoms with Gasteiger partial charge in [-0.2, -0.15) is 0 Å². The summed E-state index contributed by atoms with van der Waals surface area (Å²) >= 11 is 0. The van der Waals surface area contributed by atoms with Crippen molar-refractivity contribution in [2.75, 3.05) is 26.7 Å². The zero-order valence-corrected chi connectivity index (χ0v) is 18.7. The topological polar surface area (TPSA) is 58.6 Å². The van der Waals surface area contributed by atoms with E-state index in [9.17, 15) is 9.59 Å². The molecule has 0 radical (unpaired) electrons. The normalized spacial score (nSPS) is 24.7. The van der Waals surface area contributed by atoms with Crippen LogP contribution in [0.15, 0.2) is 48.5 Å². The molecule has 2 amide bonds. The molecule has 2 aromatic carbocycles. The lowest BCUT2D eigenvalue weighted by Gasteiger charge is -2.28. The smallest absolute Gasteiger partial charge is 0.228 e. The first-order chi connectivity index (χ1) is 15.0. The number of nitrogens with zero attached hydrogens (tertiary/aromatic N) is 1. The lowest BCUT2D eigenvalue weighted by Crippen LogP contribution is -2.45. The monoisotopic (exact) mass is 420 g/mol. The van der Waals surface area contributed by atoms with Crippen molar-refractivity contribution in [2.24, 2.45) is 17.3 Å². The van der Waals surface area contributed by atoms with Crippen LogP contribution >= 0.6 is 0 Å². The highest BCUT2D eigenvalue weighted by molar-refractivity contribution is 5.87. The van der Waals surface area contributed by atoms with Crippen LogP contribution in [0.3, 0.4) is 0 Å². The van der Waals surface area contributed by atoms with Crippen LogP contribution in [-0.4, -0.2) is 43.5 Å². The summed E-state index contributed by atoms with van der Waals surface area (Å²) in [4.78, 5) is 27.8. The van der Waals surface area contributed by atoms with Gasteiger partial charge in [-0.05, 0) is 49.3 Å². The van der Waals surface area contributed by atoms with E-state index < -0.39 is 5.41 Å². The third-order valence-electron chi connectivity index (χ3n) is 6.83. The maximum Gasteiger partial charge on any atom is 0.228 e. The SMILES string of the molecule is CCNC(=O)C1(Cc2ccc(-c3ccccc3OC)cc2)CCN(C(=O)C2CC2C)C1. The third kappa shape index (κ3) is 4.32. The van der Waals surface area contributed by atoms with Crippen LogP contribution in [0.1, 0.15) is 32.3 Å². The Morgan fingerprint density at radius 3 is 2.52 bits per heavy atom. The molecule has 31 heavy (non-hydrogen) atoms. The zero-order valence-electron chi connectivity index (χ0n) is 18.7. The van der Waals surface area contributed by atoms with Gasteiger partial charge in [0.15, 0.2) is 0 Å². The lowest BCUT2D eigenvalue weighted by molar-refractivity contribution is -0.134. The van der Waals surface area contributed by atoms with E-state index in [0.29, 0.717) is 38.4 Å². The summed E-state index contributed by atoms with van der Waals surface area (Å²) in [6.45, 7) is 5.84. The number of para-hydroxylation sites is 1. The molecule has 2 fully saturated rings. The Hall–Kier alpha value is -2.82. The molecule has 0 spiro atoms. The zero-order chi connectivity index (χ0) is 22.0. The lowest BCUT2D eigenvalue weighted by atomic mass is 9.79. The van der Waals surface area contributed by atoms with Crippen molar-refractivity contribution < 1.29 is 14.3 Å². The van der Waals surface area contributed by atoms with Gasteiger partial charge >= 0.3 is 0 Å². The highest BCUT2D eigenvalue weighted by atomic mass is 16.5. The van der Waals surface area contributed by atoms with Crippen molar-refractivity contribution in [3.8, 4) is 16.9 Å². The largest absolute Gasteiger partial charge is 0.496 e. The molecule has 0 aromatic heterocycles. The highest BCUT2D eigenvalue weighted by Gasteiger charge is 2.49. The van der Waals surface area contributed by atoms with Crippen LogP contribution in [0, 0.1) is 17.3 Å². The average Bonchev–Trinajstić information content (AvgIpc) is 3.36. The second-order valence-corrected chi connectivity index (χ2v) is 9.04. The van der Waals surface area contributed by atoms with Crippen LogP contribution in [0.4, 0.5) is 0 Å². The maximum absolute atomic E-state index is 13.1. The fourth-order valence-corrected chi connectivity index (χ4v) is 4.80. The summed E-state index contributed by atoms with van der Waals surface area (Å²) in [7, 11) is 1.68. The molecule has 1 N–H and O–H groups in total. The van der Waals surface area contributed by atoms with Crippen molar-refractivity contribution in [1.82, 2.24) is 10.2 Å². The Labute approximate surface area is 184 Å². The first-order valence-corrected chi connectivity index (χ1v) is 11.3. The van der Waals surface area contributed by atoms with E-state index in [0.717, 1.165) is 28.9 Å². The number of benzene rings is 2. The molecule has 5 heteroatoms. The predicted octanol–water partition coefficient (Wildman–Crippen LogP) is 3.92. The van der Waals surface area contributed by atoms with Gasteiger partial charge < -0.3 is 15.0 Å². The first-order valence-electron chi connectivity index (χ1n) is 11.3. The van der Waals surface area contributed by atoms with Gasteiger partial charge in [-0.15, -0.1) is 0 Å². The molecule has 2 aliphatic rings. The summed E-state index contributed by atoms with van der Waals surface area (Å²) in [6, 6.07) is 16.3. The fourth-order valence-electron chi connectivity index (χ4n) is 4.80. The van der Waals surface area contributed by atoms with Gasteiger partial charge in [-0.25, -0.2) is 0 Å². The maximum atomic E-state index is 13.1.